The van der Waals surface area contributed by atoms with Gasteiger partial charge in [0.15, 0.2) is 0 Å². The van der Waals surface area contributed by atoms with E-state index in [1.54, 1.807) is 30.3 Å². The van der Waals surface area contributed by atoms with E-state index < -0.39 is 23.8 Å². The van der Waals surface area contributed by atoms with Crippen LogP contribution < -0.4 is 15.4 Å². The highest BCUT2D eigenvalue weighted by Crippen LogP contribution is 2.32. The molecule has 2 atom stereocenters. The molecule has 0 aliphatic carbocycles. The second-order valence-corrected chi connectivity index (χ2v) is 8.10. The maximum atomic E-state index is 13.2. The van der Waals surface area contributed by atoms with Crippen molar-refractivity contribution in [3.63, 3.8) is 0 Å². The van der Waals surface area contributed by atoms with Crippen molar-refractivity contribution in [1.29, 1.82) is 0 Å². The van der Waals surface area contributed by atoms with E-state index >= 15 is 0 Å². The Balaban J connectivity index is 2.22. The lowest BCUT2D eigenvalue weighted by molar-refractivity contribution is -0.137. The third-order valence-electron chi connectivity index (χ3n) is 4.94. The molecule has 32 heavy (non-hydrogen) atoms. The molecule has 0 aliphatic rings. The molecule has 0 heterocycles. The van der Waals surface area contributed by atoms with E-state index in [1.807, 2.05) is 13.8 Å². The van der Waals surface area contributed by atoms with Crippen molar-refractivity contribution in [3.8, 4) is 5.75 Å². The van der Waals surface area contributed by atoms with Crippen molar-refractivity contribution >= 4 is 11.8 Å². The van der Waals surface area contributed by atoms with Crippen LogP contribution in [0.4, 0.5) is 13.2 Å². The van der Waals surface area contributed by atoms with Crippen molar-refractivity contribution in [3.05, 3.63) is 65.2 Å². The molecule has 0 bridgehead atoms. The number of hydrogen-bond donors (Lipinski definition) is 2. The Labute approximate surface area is 186 Å². The van der Waals surface area contributed by atoms with E-state index in [4.69, 9.17) is 4.74 Å². The average molecular weight is 451 g/mol. The minimum atomic E-state index is -4.47. The van der Waals surface area contributed by atoms with Crippen molar-refractivity contribution in [2.45, 2.75) is 51.9 Å². The Hall–Kier alpha value is -3.03. The number of halogens is 3. The first-order valence-electron chi connectivity index (χ1n) is 10.4. The van der Waals surface area contributed by atoms with Crippen LogP contribution in [-0.2, 0) is 15.8 Å². The number of alkyl halides is 3. The van der Waals surface area contributed by atoms with Crippen LogP contribution in [0.2, 0.25) is 0 Å². The number of carbonyl (C=O) groups is 2. The summed E-state index contributed by atoms with van der Waals surface area (Å²) in [5.74, 6) is 0.113. The number of rotatable bonds is 9. The van der Waals surface area contributed by atoms with E-state index in [-0.39, 0.29) is 24.2 Å². The number of carbonyl (C=O) groups excluding carboxylic acids is 2. The molecule has 5 nitrogen and oxygen atoms in total. The molecule has 0 aliphatic heterocycles. The van der Waals surface area contributed by atoms with Crippen molar-refractivity contribution in [1.82, 2.24) is 10.6 Å². The molecule has 2 N–H and O–H groups in total. The third kappa shape index (κ3) is 7.59. The smallest absolute Gasteiger partial charge is 0.416 e. The summed E-state index contributed by atoms with van der Waals surface area (Å²) in [4.78, 5) is 24.5. The average Bonchev–Trinajstić information content (AvgIpc) is 2.71. The minimum absolute atomic E-state index is 0.0561. The molecular weight excluding hydrogens is 421 g/mol. The number of ether oxygens (including phenoxy) is 1. The Morgan fingerprint density at radius 1 is 0.969 bits per heavy atom. The van der Waals surface area contributed by atoms with Gasteiger partial charge in [-0.2, -0.15) is 13.2 Å². The minimum Gasteiger partial charge on any atom is -0.497 e. The predicted molar refractivity (Wildman–Crippen MR) is 116 cm³/mol. The number of nitrogens with one attached hydrogen (secondary N) is 2. The topological polar surface area (TPSA) is 67.4 Å². The summed E-state index contributed by atoms with van der Waals surface area (Å²) in [6.07, 6.45) is -4.05. The first kappa shape index (κ1) is 25.2. The Morgan fingerprint density at radius 2 is 1.62 bits per heavy atom. The lowest BCUT2D eigenvalue weighted by Crippen LogP contribution is -2.35. The molecule has 0 fully saturated rings. The molecule has 2 rings (SSSR count). The Bertz CT molecular complexity index is 911. The van der Waals surface area contributed by atoms with Gasteiger partial charge in [0.05, 0.1) is 31.2 Å². The molecule has 0 radical (unpaired) electrons. The van der Waals surface area contributed by atoms with E-state index in [0.717, 1.165) is 17.7 Å². The van der Waals surface area contributed by atoms with Crippen LogP contribution in [0.15, 0.2) is 48.5 Å². The Morgan fingerprint density at radius 3 is 2.16 bits per heavy atom. The summed E-state index contributed by atoms with van der Waals surface area (Å²) >= 11 is 0. The molecule has 8 heteroatoms. The maximum Gasteiger partial charge on any atom is 0.416 e. The van der Waals surface area contributed by atoms with Gasteiger partial charge in [0.1, 0.15) is 5.75 Å². The van der Waals surface area contributed by atoms with Gasteiger partial charge < -0.3 is 15.4 Å². The van der Waals surface area contributed by atoms with Crippen LogP contribution in [0, 0.1) is 5.92 Å². The number of methoxy groups -OCH3 is 1. The van der Waals surface area contributed by atoms with Gasteiger partial charge in [-0.05, 0) is 47.7 Å². The molecule has 2 unspecified atom stereocenters. The molecule has 0 spiro atoms. The summed E-state index contributed by atoms with van der Waals surface area (Å²) in [6.45, 7) is 5.23. The fourth-order valence-corrected chi connectivity index (χ4v) is 3.45. The Kier molecular flexibility index (Phi) is 8.69. The summed E-state index contributed by atoms with van der Waals surface area (Å²) in [6, 6.07) is 10.8. The number of benzene rings is 2. The zero-order valence-electron chi connectivity index (χ0n) is 18.6. The highest BCUT2D eigenvalue weighted by Gasteiger charge is 2.31. The third-order valence-corrected chi connectivity index (χ3v) is 4.94. The monoisotopic (exact) mass is 450 g/mol. The number of hydrogen-bond acceptors (Lipinski definition) is 3. The molecule has 0 saturated heterocycles. The second kappa shape index (κ2) is 11.0. The lowest BCUT2D eigenvalue weighted by atomic mass is 9.95. The van der Waals surface area contributed by atoms with Crippen LogP contribution in [-0.4, -0.2) is 18.9 Å². The molecule has 2 aromatic carbocycles. The summed E-state index contributed by atoms with van der Waals surface area (Å²) in [5.41, 5.74) is 0.352. The fourth-order valence-electron chi connectivity index (χ4n) is 3.45. The molecule has 2 aromatic rings. The van der Waals surface area contributed by atoms with Gasteiger partial charge in [0.2, 0.25) is 11.8 Å². The molecule has 0 aromatic heterocycles. The van der Waals surface area contributed by atoms with Gasteiger partial charge in [0.25, 0.3) is 0 Å². The van der Waals surface area contributed by atoms with Gasteiger partial charge in [-0.15, -0.1) is 0 Å². The van der Waals surface area contributed by atoms with Crippen molar-refractivity contribution in [2.75, 3.05) is 7.11 Å². The normalized spacial score (nSPS) is 13.4. The van der Waals surface area contributed by atoms with E-state index in [9.17, 15) is 22.8 Å². The van der Waals surface area contributed by atoms with E-state index in [0.29, 0.717) is 17.7 Å². The first-order chi connectivity index (χ1) is 15.0. The standard InChI is InChI=1S/C24H29F3N2O3/c1-15(2)12-21(18-6-5-7-19(13-18)24(25,26)27)29-23(31)14-22(28-16(3)30)17-8-10-20(32-4)11-9-17/h5-11,13,15,21-22H,12,14H2,1-4H3,(H,28,30)(H,29,31). The van der Waals surface area contributed by atoms with Crippen LogP contribution in [0.5, 0.6) is 5.75 Å². The van der Waals surface area contributed by atoms with Gasteiger partial charge in [-0.3, -0.25) is 9.59 Å². The SMILES string of the molecule is COc1ccc(C(CC(=O)NC(CC(C)C)c2cccc(C(F)(F)F)c2)NC(C)=O)cc1. The maximum absolute atomic E-state index is 13.2. The summed E-state index contributed by atoms with van der Waals surface area (Å²) < 4.78 is 44.6. The second-order valence-electron chi connectivity index (χ2n) is 8.10. The van der Waals surface area contributed by atoms with Crippen LogP contribution >= 0.6 is 0 Å². The van der Waals surface area contributed by atoms with E-state index in [2.05, 4.69) is 10.6 Å². The first-order valence-corrected chi connectivity index (χ1v) is 10.4. The van der Waals surface area contributed by atoms with Crippen LogP contribution in [0.25, 0.3) is 0 Å². The van der Waals surface area contributed by atoms with E-state index in [1.165, 1.54) is 20.1 Å². The van der Waals surface area contributed by atoms with Crippen molar-refractivity contribution in [2.24, 2.45) is 5.92 Å². The fraction of sp³-hybridized carbons (Fsp3) is 0.417. The molecular formula is C24H29F3N2O3. The summed E-state index contributed by atoms with van der Waals surface area (Å²) in [7, 11) is 1.54. The highest BCUT2D eigenvalue weighted by molar-refractivity contribution is 5.79. The predicted octanol–water partition coefficient (Wildman–Crippen LogP) is 5.18. The quantitative estimate of drug-likeness (QED) is 0.553. The van der Waals surface area contributed by atoms with Crippen LogP contribution in [0.1, 0.15) is 62.4 Å². The lowest BCUT2D eigenvalue weighted by Gasteiger charge is -2.24. The zero-order valence-corrected chi connectivity index (χ0v) is 18.6. The summed E-state index contributed by atoms with van der Waals surface area (Å²) in [5, 5.41) is 5.62. The van der Waals surface area contributed by atoms with Crippen LogP contribution in [0.3, 0.4) is 0 Å². The molecule has 2 amide bonds. The highest BCUT2D eigenvalue weighted by atomic mass is 19.4. The number of amides is 2. The molecule has 0 saturated carbocycles. The van der Waals surface area contributed by atoms with Gasteiger partial charge in [-0.1, -0.05) is 38.1 Å². The van der Waals surface area contributed by atoms with Gasteiger partial charge in [0, 0.05) is 6.92 Å². The van der Waals surface area contributed by atoms with Gasteiger partial charge >= 0.3 is 6.18 Å². The van der Waals surface area contributed by atoms with Gasteiger partial charge in [-0.25, -0.2) is 0 Å². The van der Waals surface area contributed by atoms with Crippen molar-refractivity contribution < 1.29 is 27.5 Å². The largest absolute Gasteiger partial charge is 0.497 e. The molecule has 174 valence electrons. The zero-order chi connectivity index (χ0) is 23.9.